The number of rotatable bonds is 4. The first kappa shape index (κ1) is 11.8. The Morgan fingerprint density at radius 2 is 2.26 bits per heavy atom. The maximum atomic E-state index is 5.88. The van der Waals surface area contributed by atoms with E-state index in [1.165, 1.54) is 5.56 Å². The van der Waals surface area contributed by atoms with Crippen LogP contribution in [-0.4, -0.2) is 24.7 Å². The van der Waals surface area contributed by atoms with E-state index in [-0.39, 0.29) is 6.10 Å². The zero-order valence-corrected chi connectivity index (χ0v) is 10.8. The Kier molecular flexibility index (Phi) is 3.23. The highest BCUT2D eigenvalue weighted by atomic mass is 16.5. The van der Waals surface area contributed by atoms with E-state index in [4.69, 9.17) is 9.47 Å². The number of methoxy groups -OCH3 is 1. The van der Waals surface area contributed by atoms with Crippen molar-refractivity contribution in [3.63, 3.8) is 0 Å². The van der Waals surface area contributed by atoms with Crippen molar-refractivity contribution in [2.45, 2.75) is 12.5 Å². The summed E-state index contributed by atoms with van der Waals surface area (Å²) in [4.78, 5) is 4.08. The van der Waals surface area contributed by atoms with Gasteiger partial charge in [-0.2, -0.15) is 0 Å². The highest BCUT2D eigenvalue weighted by Gasteiger charge is 2.21. The van der Waals surface area contributed by atoms with Crippen LogP contribution in [0.25, 0.3) is 0 Å². The number of ether oxygens (including phenoxy) is 2. The molecule has 4 heteroatoms. The van der Waals surface area contributed by atoms with Gasteiger partial charge in [0.2, 0.25) is 5.88 Å². The largest absolute Gasteiger partial charge is 0.488 e. The van der Waals surface area contributed by atoms with E-state index in [1.54, 1.807) is 13.3 Å². The fraction of sp³-hybridized carbons (Fsp3) is 0.267. The first-order chi connectivity index (χ1) is 9.35. The van der Waals surface area contributed by atoms with E-state index in [1.807, 2.05) is 30.3 Å². The normalized spacial score (nSPS) is 16.6. The maximum absolute atomic E-state index is 5.88. The molecule has 1 aromatic carbocycles. The molecule has 0 aliphatic carbocycles. The van der Waals surface area contributed by atoms with Crippen LogP contribution in [0.3, 0.4) is 0 Å². The molecule has 1 aliphatic heterocycles. The lowest BCUT2D eigenvalue weighted by Gasteiger charge is -2.13. The predicted octanol–water partition coefficient (Wildman–Crippen LogP) is 2.51. The Hall–Kier alpha value is -2.23. The van der Waals surface area contributed by atoms with Gasteiger partial charge in [-0.25, -0.2) is 4.98 Å². The quantitative estimate of drug-likeness (QED) is 0.912. The number of fused-ring (bicyclic) bond motifs is 1. The molecule has 1 aliphatic rings. The van der Waals surface area contributed by atoms with Crippen LogP contribution >= 0.6 is 0 Å². The average molecular weight is 256 g/mol. The van der Waals surface area contributed by atoms with Gasteiger partial charge in [0.1, 0.15) is 11.9 Å². The van der Waals surface area contributed by atoms with Crippen LogP contribution in [0.4, 0.5) is 5.69 Å². The molecule has 0 saturated heterocycles. The second kappa shape index (κ2) is 5.18. The molecule has 19 heavy (non-hydrogen) atoms. The van der Waals surface area contributed by atoms with Crippen molar-refractivity contribution in [3.8, 4) is 11.6 Å². The van der Waals surface area contributed by atoms with E-state index >= 15 is 0 Å². The number of para-hydroxylation sites is 1. The molecule has 2 aromatic rings. The summed E-state index contributed by atoms with van der Waals surface area (Å²) in [5.74, 6) is 1.61. The molecule has 1 aromatic heterocycles. The van der Waals surface area contributed by atoms with Crippen molar-refractivity contribution in [2.75, 3.05) is 19.0 Å². The summed E-state index contributed by atoms with van der Waals surface area (Å²) in [6.45, 7) is 0.766. The molecule has 0 fully saturated rings. The third-order valence-electron chi connectivity index (χ3n) is 3.19. The van der Waals surface area contributed by atoms with Crippen LogP contribution in [0.5, 0.6) is 11.6 Å². The summed E-state index contributed by atoms with van der Waals surface area (Å²) < 4.78 is 11.0. The Balaban J connectivity index is 1.59. The van der Waals surface area contributed by atoms with Gasteiger partial charge >= 0.3 is 0 Å². The minimum atomic E-state index is 0.177. The molecule has 2 heterocycles. The summed E-state index contributed by atoms with van der Waals surface area (Å²) in [6, 6.07) is 12.0. The van der Waals surface area contributed by atoms with Crippen molar-refractivity contribution < 1.29 is 9.47 Å². The minimum absolute atomic E-state index is 0.177. The predicted molar refractivity (Wildman–Crippen MR) is 73.8 cm³/mol. The van der Waals surface area contributed by atoms with Crippen molar-refractivity contribution in [1.29, 1.82) is 0 Å². The van der Waals surface area contributed by atoms with Crippen molar-refractivity contribution >= 4 is 5.69 Å². The Morgan fingerprint density at radius 3 is 3.11 bits per heavy atom. The summed E-state index contributed by atoms with van der Waals surface area (Å²) in [6.07, 6.45) is 2.85. The summed E-state index contributed by atoms with van der Waals surface area (Å²) in [7, 11) is 1.61. The van der Waals surface area contributed by atoms with Gasteiger partial charge in [-0.1, -0.05) is 18.2 Å². The topological polar surface area (TPSA) is 43.4 Å². The molecule has 1 atom stereocenters. The smallest absolute Gasteiger partial charge is 0.214 e. The molecule has 0 bridgehead atoms. The molecule has 1 N–H and O–H groups in total. The van der Waals surface area contributed by atoms with Gasteiger partial charge in [-0.3, -0.25) is 0 Å². The van der Waals surface area contributed by atoms with Crippen LogP contribution in [0.1, 0.15) is 5.56 Å². The molecule has 0 radical (unpaired) electrons. The second-order valence-electron chi connectivity index (χ2n) is 4.52. The summed E-state index contributed by atoms with van der Waals surface area (Å²) in [5, 5.41) is 3.35. The zero-order valence-electron chi connectivity index (χ0n) is 10.8. The molecule has 0 spiro atoms. The minimum Gasteiger partial charge on any atom is -0.488 e. The number of benzene rings is 1. The highest BCUT2D eigenvalue weighted by Crippen LogP contribution is 2.28. The first-order valence-corrected chi connectivity index (χ1v) is 6.33. The lowest BCUT2D eigenvalue weighted by Crippen LogP contribution is -2.23. The molecule has 0 saturated carbocycles. The van der Waals surface area contributed by atoms with Gasteiger partial charge in [-0.15, -0.1) is 0 Å². The Morgan fingerprint density at radius 1 is 1.37 bits per heavy atom. The second-order valence-corrected chi connectivity index (χ2v) is 4.52. The number of hydrogen-bond acceptors (Lipinski definition) is 4. The molecule has 4 nitrogen and oxygen atoms in total. The standard InChI is InChI=1S/C15H16N2O2/c1-18-15-9-12(6-7-16-15)17-10-13-8-11-4-2-3-5-14(11)19-13/h2-7,9,13H,8,10H2,1H3,(H,16,17). The fourth-order valence-electron chi connectivity index (χ4n) is 2.23. The lowest BCUT2D eigenvalue weighted by molar-refractivity contribution is 0.246. The molecule has 3 rings (SSSR count). The number of anilines is 1. The number of pyridine rings is 1. The SMILES string of the molecule is COc1cc(NCC2Cc3ccccc3O2)ccn1. The Labute approximate surface area is 112 Å². The van der Waals surface area contributed by atoms with Crippen LogP contribution < -0.4 is 14.8 Å². The molecule has 98 valence electrons. The fourth-order valence-corrected chi connectivity index (χ4v) is 2.23. The van der Waals surface area contributed by atoms with E-state index in [2.05, 4.69) is 16.4 Å². The maximum Gasteiger partial charge on any atom is 0.214 e. The van der Waals surface area contributed by atoms with Crippen molar-refractivity contribution in [3.05, 3.63) is 48.2 Å². The molecule has 0 amide bonds. The van der Waals surface area contributed by atoms with E-state index in [0.29, 0.717) is 5.88 Å². The zero-order chi connectivity index (χ0) is 13.1. The highest BCUT2D eigenvalue weighted by molar-refractivity contribution is 5.45. The number of aromatic nitrogens is 1. The van der Waals surface area contributed by atoms with Gasteiger partial charge in [-0.05, 0) is 17.7 Å². The number of nitrogens with zero attached hydrogens (tertiary/aromatic N) is 1. The number of hydrogen-bond donors (Lipinski definition) is 1. The van der Waals surface area contributed by atoms with Crippen LogP contribution in [0, 0.1) is 0 Å². The Bertz CT molecular complexity index is 547. The molecular formula is C15H16N2O2. The van der Waals surface area contributed by atoms with Crippen molar-refractivity contribution in [2.24, 2.45) is 0 Å². The summed E-state index contributed by atoms with van der Waals surface area (Å²) in [5.41, 5.74) is 2.27. The molecular weight excluding hydrogens is 240 g/mol. The van der Waals surface area contributed by atoms with Gasteiger partial charge in [0, 0.05) is 24.4 Å². The van der Waals surface area contributed by atoms with Crippen LogP contribution in [0.15, 0.2) is 42.6 Å². The van der Waals surface area contributed by atoms with Crippen LogP contribution in [0.2, 0.25) is 0 Å². The van der Waals surface area contributed by atoms with E-state index in [0.717, 1.165) is 24.4 Å². The lowest BCUT2D eigenvalue weighted by atomic mass is 10.1. The van der Waals surface area contributed by atoms with Gasteiger partial charge in [0.05, 0.1) is 13.7 Å². The van der Waals surface area contributed by atoms with Gasteiger partial charge < -0.3 is 14.8 Å². The van der Waals surface area contributed by atoms with E-state index < -0.39 is 0 Å². The van der Waals surface area contributed by atoms with Gasteiger partial charge in [0.25, 0.3) is 0 Å². The van der Waals surface area contributed by atoms with Gasteiger partial charge in [0.15, 0.2) is 0 Å². The monoisotopic (exact) mass is 256 g/mol. The third kappa shape index (κ3) is 2.62. The first-order valence-electron chi connectivity index (χ1n) is 6.33. The number of nitrogens with one attached hydrogen (secondary N) is 1. The van der Waals surface area contributed by atoms with Crippen LogP contribution in [-0.2, 0) is 6.42 Å². The molecule has 1 unspecified atom stereocenters. The summed E-state index contributed by atoms with van der Waals surface area (Å²) >= 11 is 0. The van der Waals surface area contributed by atoms with E-state index in [9.17, 15) is 0 Å². The average Bonchev–Trinajstić information content (AvgIpc) is 2.88. The third-order valence-corrected chi connectivity index (χ3v) is 3.19. The van der Waals surface area contributed by atoms with Crippen molar-refractivity contribution in [1.82, 2.24) is 4.98 Å².